The molecule has 2 fully saturated rings. The number of thioether (sulfide) groups is 1. The maximum Gasteiger partial charge on any atom is 0.269 e. The zero-order chi connectivity index (χ0) is 23.2. The van der Waals surface area contributed by atoms with Gasteiger partial charge < -0.3 is 9.64 Å². The van der Waals surface area contributed by atoms with Gasteiger partial charge in [-0.05, 0) is 49.6 Å². The zero-order valence-electron chi connectivity index (χ0n) is 19.3. The van der Waals surface area contributed by atoms with Gasteiger partial charge in [0, 0.05) is 30.5 Å². The van der Waals surface area contributed by atoms with Crippen LogP contribution >= 0.6 is 11.8 Å². The average Bonchev–Trinajstić information content (AvgIpc) is 3.19. The van der Waals surface area contributed by atoms with Gasteiger partial charge in [0.25, 0.3) is 10.0 Å². The molecule has 2 aromatic heterocycles. The number of nitrogens with zero attached hydrogens (tertiary/aromatic N) is 4. The Morgan fingerprint density at radius 1 is 1.18 bits per heavy atom. The molecule has 1 saturated heterocycles. The first-order valence-electron chi connectivity index (χ1n) is 11.3. The van der Waals surface area contributed by atoms with E-state index in [0.29, 0.717) is 17.1 Å². The van der Waals surface area contributed by atoms with Crippen molar-refractivity contribution >= 4 is 38.6 Å². The predicted octanol–water partition coefficient (Wildman–Crippen LogP) is 3.96. The van der Waals surface area contributed by atoms with Crippen molar-refractivity contribution in [1.82, 2.24) is 13.9 Å². The predicted molar refractivity (Wildman–Crippen MR) is 132 cm³/mol. The summed E-state index contributed by atoms with van der Waals surface area (Å²) in [4.78, 5) is 11.3. The maximum absolute atomic E-state index is 13.2. The molecular formula is C24H30N4O3S2. The molecular weight excluding hydrogens is 456 g/mol. The van der Waals surface area contributed by atoms with Crippen LogP contribution in [0.25, 0.3) is 11.0 Å². The first-order chi connectivity index (χ1) is 15.8. The van der Waals surface area contributed by atoms with Gasteiger partial charge in [-0.25, -0.2) is 22.4 Å². The number of anilines is 1. The Morgan fingerprint density at radius 2 is 1.91 bits per heavy atom. The molecule has 2 aliphatic rings. The number of aromatic nitrogens is 3. The lowest BCUT2D eigenvalue weighted by atomic mass is 9.81. The molecule has 9 heteroatoms. The molecule has 0 atom stereocenters. The molecule has 0 spiro atoms. The van der Waals surface area contributed by atoms with Crippen molar-refractivity contribution in [2.24, 2.45) is 11.3 Å². The Morgan fingerprint density at radius 3 is 2.58 bits per heavy atom. The highest BCUT2D eigenvalue weighted by molar-refractivity contribution is 7.99. The van der Waals surface area contributed by atoms with E-state index in [1.54, 1.807) is 36.5 Å². The second-order valence-electron chi connectivity index (χ2n) is 9.78. The highest BCUT2D eigenvalue weighted by atomic mass is 32.2. The van der Waals surface area contributed by atoms with E-state index in [9.17, 15) is 8.42 Å². The van der Waals surface area contributed by atoms with Crippen LogP contribution in [0.5, 0.6) is 0 Å². The molecule has 3 heterocycles. The van der Waals surface area contributed by atoms with Crippen LogP contribution in [0.4, 0.5) is 5.82 Å². The summed E-state index contributed by atoms with van der Waals surface area (Å²) in [6.45, 7) is 6.01. The second-order valence-corrected chi connectivity index (χ2v) is 12.6. The van der Waals surface area contributed by atoms with Crippen molar-refractivity contribution in [3.8, 4) is 0 Å². The molecule has 5 rings (SSSR count). The third kappa shape index (κ3) is 4.26. The van der Waals surface area contributed by atoms with E-state index in [1.165, 1.54) is 21.8 Å². The minimum absolute atomic E-state index is 0.251. The summed E-state index contributed by atoms with van der Waals surface area (Å²) in [5.41, 5.74) is 1.79. The van der Waals surface area contributed by atoms with Crippen LogP contribution in [-0.2, 0) is 14.8 Å². The molecule has 0 radical (unpaired) electrons. The van der Waals surface area contributed by atoms with Crippen molar-refractivity contribution in [2.75, 3.05) is 36.7 Å². The lowest BCUT2D eigenvalue weighted by Crippen LogP contribution is -2.45. The molecule has 1 aliphatic carbocycles. The van der Waals surface area contributed by atoms with Gasteiger partial charge in [0.05, 0.1) is 23.5 Å². The Hall–Kier alpha value is -2.10. The van der Waals surface area contributed by atoms with Gasteiger partial charge >= 0.3 is 0 Å². The van der Waals surface area contributed by atoms with Gasteiger partial charge in [0.15, 0.2) is 5.65 Å². The summed E-state index contributed by atoms with van der Waals surface area (Å²) in [7, 11) is -1.68. The summed E-state index contributed by atoms with van der Waals surface area (Å²) in [5.74, 6) is 3.85. The Kier molecular flexibility index (Phi) is 5.91. The minimum Gasteiger partial charge on any atom is -0.380 e. The van der Waals surface area contributed by atoms with Gasteiger partial charge in [-0.2, -0.15) is 11.8 Å². The molecule has 7 nitrogen and oxygen atoms in total. The number of aryl methyl sites for hydroxylation is 1. The molecule has 0 N–H and O–H groups in total. The molecule has 33 heavy (non-hydrogen) atoms. The van der Waals surface area contributed by atoms with Crippen molar-refractivity contribution in [2.45, 2.75) is 37.6 Å². The molecule has 0 bridgehead atoms. The van der Waals surface area contributed by atoms with Crippen LogP contribution in [0.3, 0.4) is 0 Å². The second kappa shape index (κ2) is 8.60. The summed E-state index contributed by atoms with van der Waals surface area (Å²) in [6.07, 6.45) is 5.30. The topological polar surface area (TPSA) is 77.3 Å². The van der Waals surface area contributed by atoms with Gasteiger partial charge in [0.2, 0.25) is 0 Å². The monoisotopic (exact) mass is 486 g/mol. The highest BCUT2D eigenvalue weighted by Crippen LogP contribution is 2.39. The molecule has 0 unspecified atom stereocenters. The zero-order valence-corrected chi connectivity index (χ0v) is 20.9. The van der Waals surface area contributed by atoms with Gasteiger partial charge in [0.1, 0.15) is 12.1 Å². The van der Waals surface area contributed by atoms with E-state index < -0.39 is 10.0 Å². The summed E-state index contributed by atoms with van der Waals surface area (Å²) < 4.78 is 33.1. The number of fused-ring (bicyclic) bond motifs is 1. The van der Waals surface area contributed by atoms with E-state index >= 15 is 0 Å². The molecule has 3 aromatic rings. The average molecular weight is 487 g/mol. The maximum atomic E-state index is 13.2. The van der Waals surface area contributed by atoms with E-state index in [-0.39, 0.29) is 4.90 Å². The van der Waals surface area contributed by atoms with Crippen LogP contribution in [0.15, 0.2) is 47.8 Å². The minimum atomic E-state index is -3.73. The first-order valence-corrected chi connectivity index (χ1v) is 13.9. The van der Waals surface area contributed by atoms with Crippen molar-refractivity contribution < 1.29 is 13.2 Å². The number of ether oxygens (including phenoxy) is 1. The van der Waals surface area contributed by atoms with Crippen LogP contribution in [0.1, 0.15) is 25.3 Å². The fourth-order valence-corrected chi connectivity index (χ4v) is 7.23. The van der Waals surface area contributed by atoms with E-state index in [4.69, 9.17) is 4.74 Å². The standard InChI is InChI=1S/C24H30N4O3S2/c1-17-4-6-20(7-5-17)33(29,30)28-9-8-21-22(25-16-26-23(21)28)27(3)19-10-18(11-19)12-32-15-24(2)13-31-14-24/h4-9,16,18-19H,10-15H2,1-3H3/t18-,19+. The normalized spacial score (nSPS) is 22.0. The number of hydrogen-bond donors (Lipinski definition) is 0. The largest absolute Gasteiger partial charge is 0.380 e. The Bertz CT molecular complexity index is 1250. The molecule has 0 amide bonds. The third-order valence-electron chi connectivity index (χ3n) is 6.80. The molecule has 176 valence electrons. The van der Waals surface area contributed by atoms with E-state index in [1.807, 2.05) is 25.7 Å². The summed E-state index contributed by atoms with van der Waals surface area (Å²) >= 11 is 2.04. The number of hydrogen-bond acceptors (Lipinski definition) is 7. The van der Waals surface area contributed by atoms with Crippen LogP contribution in [-0.4, -0.2) is 60.2 Å². The first kappa shape index (κ1) is 22.7. The molecule has 1 saturated carbocycles. The van der Waals surface area contributed by atoms with E-state index in [0.717, 1.165) is 48.7 Å². The van der Waals surface area contributed by atoms with E-state index in [2.05, 4.69) is 21.8 Å². The van der Waals surface area contributed by atoms with Crippen molar-refractivity contribution in [1.29, 1.82) is 0 Å². The quantitative estimate of drug-likeness (QED) is 0.477. The fraction of sp³-hybridized carbons (Fsp3) is 0.500. The smallest absolute Gasteiger partial charge is 0.269 e. The van der Waals surface area contributed by atoms with Gasteiger partial charge in [-0.15, -0.1) is 0 Å². The Labute approximate surface area is 199 Å². The molecule has 1 aliphatic heterocycles. The number of rotatable bonds is 8. The summed E-state index contributed by atoms with van der Waals surface area (Å²) in [6, 6.07) is 9.09. The number of benzene rings is 1. The van der Waals surface area contributed by atoms with Crippen LogP contribution < -0.4 is 4.90 Å². The highest BCUT2D eigenvalue weighted by Gasteiger charge is 2.36. The molecule has 1 aromatic carbocycles. The third-order valence-corrected chi connectivity index (χ3v) is 10.1. The van der Waals surface area contributed by atoms with Crippen LogP contribution in [0.2, 0.25) is 0 Å². The van der Waals surface area contributed by atoms with Crippen molar-refractivity contribution in [3.63, 3.8) is 0 Å². The van der Waals surface area contributed by atoms with Crippen LogP contribution in [0, 0.1) is 18.3 Å². The van der Waals surface area contributed by atoms with Crippen molar-refractivity contribution in [3.05, 3.63) is 48.4 Å². The SMILES string of the molecule is Cc1ccc(S(=O)(=O)n2ccc3c(N(C)[C@H]4C[C@@H](CSCC5(C)COC5)C4)ncnc32)cc1. The Balaban J connectivity index is 1.29. The van der Waals surface area contributed by atoms with Gasteiger partial charge in [-0.3, -0.25) is 0 Å². The fourth-order valence-electron chi connectivity index (χ4n) is 4.55. The lowest BCUT2D eigenvalue weighted by Gasteiger charge is -2.43. The lowest BCUT2D eigenvalue weighted by molar-refractivity contribution is -0.0861. The summed E-state index contributed by atoms with van der Waals surface area (Å²) in [5, 5.41) is 0.756. The van der Waals surface area contributed by atoms with Gasteiger partial charge in [-0.1, -0.05) is 24.6 Å².